The van der Waals surface area contributed by atoms with Gasteiger partial charge in [-0.15, -0.1) is 0 Å². The first kappa shape index (κ1) is 16.0. The topological polar surface area (TPSA) is 84.9 Å². The molecule has 0 aliphatic rings. The number of hydrogen-bond donors (Lipinski definition) is 2. The predicted octanol–water partition coefficient (Wildman–Crippen LogP) is 1.36. The second-order valence-electron chi connectivity index (χ2n) is 4.16. The standard InChI is InChI=1S/C14H19NO5/c1-3-11(10-6-4-5-7-12(10)19-2)15-13(16)8-20-9-14(17)18/h4-7,11H,3,8-9H2,1-2H3,(H,15,16)(H,17,18). The minimum atomic E-state index is -1.10. The third-order valence-electron chi connectivity index (χ3n) is 2.72. The highest BCUT2D eigenvalue weighted by Gasteiger charge is 2.16. The Morgan fingerprint density at radius 3 is 2.60 bits per heavy atom. The van der Waals surface area contributed by atoms with Gasteiger partial charge in [0, 0.05) is 5.56 Å². The molecule has 110 valence electrons. The van der Waals surface area contributed by atoms with E-state index in [4.69, 9.17) is 14.6 Å². The molecule has 1 aromatic rings. The van der Waals surface area contributed by atoms with Gasteiger partial charge in [-0.3, -0.25) is 4.79 Å². The number of carboxylic acid groups (broad SMARTS) is 1. The number of methoxy groups -OCH3 is 1. The van der Waals surface area contributed by atoms with Gasteiger partial charge in [0.1, 0.15) is 19.0 Å². The maximum atomic E-state index is 11.7. The smallest absolute Gasteiger partial charge is 0.329 e. The molecule has 0 fully saturated rings. The zero-order valence-corrected chi connectivity index (χ0v) is 11.6. The number of carboxylic acids is 1. The van der Waals surface area contributed by atoms with Gasteiger partial charge in [-0.2, -0.15) is 0 Å². The maximum absolute atomic E-state index is 11.7. The number of carbonyl (C=O) groups is 2. The molecule has 0 radical (unpaired) electrons. The molecule has 0 bridgehead atoms. The molecule has 1 atom stereocenters. The molecular formula is C14H19NO5. The van der Waals surface area contributed by atoms with Crippen LogP contribution in [-0.2, 0) is 14.3 Å². The summed E-state index contributed by atoms with van der Waals surface area (Å²) in [4.78, 5) is 22.0. The highest BCUT2D eigenvalue weighted by Crippen LogP contribution is 2.26. The second kappa shape index (κ2) is 8.16. The molecule has 0 saturated heterocycles. The van der Waals surface area contributed by atoms with Crippen molar-refractivity contribution in [2.75, 3.05) is 20.3 Å². The molecule has 2 N–H and O–H groups in total. The average Bonchev–Trinajstić information content (AvgIpc) is 2.44. The van der Waals surface area contributed by atoms with Crippen molar-refractivity contribution in [2.24, 2.45) is 0 Å². The number of rotatable bonds is 8. The number of ether oxygens (including phenoxy) is 2. The SMILES string of the molecule is CCC(NC(=O)COCC(=O)O)c1ccccc1OC. The lowest BCUT2D eigenvalue weighted by Crippen LogP contribution is -2.32. The largest absolute Gasteiger partial charge is 0.496 e. The number of hydrogen-bond acceptors (Lipinski definition) is 4. The van der Waals surface area contributed by atoms with Crippen LogP contribution in [0.15, 0.2) is 24.3 Å². The Balaban J connectivity index is 2.62. The lowest BCUT2D eigenvalue weighted by atomic mass is 10.0. The van der Waals surface area contributed by atoms with Gasteiger partial charge in [0.2, 0.25) is 5.91 Å². The number of nitrogens with one attached hydrogen (secondary N) is 1. The Hall–Kier alpha value is -2.08. The monoisotopic (exact) mass is 281 g/mol. The number of aliphatic carboxylic acids is 1. The summed E-state index contributed by atoms with van der Waals surface area (Å²) < 4.78 is 10.0. The third kappa shape index (κ3) is 4.89. The zero-order chi connectivity index (χ0) is 15.0. The number of carbonyl (C=O) groups excluding carboxylic acids is 1. The van der Waals surface area contributed by atoms with Crippen LogP contribution >= 0.6 is 0 Å². The normalized spacial score (nSPS) is 11.7. The Bertz CT molecular complexity index is 461. The molecule has 0 saturated carbocycles. The Labute approximate surface area is 117 Å². The van der Waals surface area contributed by atoms with Gasteiger partial charge in [0.05, 0.1) is 13.2 Å². The van der Waals surface area contributed by atoms with E-state index >= 15 is 0 Å². The van der Waals surface area contributed by atoms with Crippen LogP contribution in [0, 0.1) is 0 Å². The summed E-state index contributed by atoms with van der Waals surface area (Å²) in [5.74, 6) is -0.760. The first-order valence-electron chi connectivity index (χ1n) is 6.30. The van der Waals surface area contributed by atoms with Crippen molar-refractivity contribution < 1.29 is 24.2 Å². The Morgan fingerprint density at radius 1 is 1.30 bits per heavy atom. The van der Waals surface area contributed by atoms with Crippen molar-refractivity contribution in [3.05, 3.63) is 29.8 Å². The van der Waals surface area contributed by atoms with Crippen molar-refractivity contribution in [1.82, 2.24) is 5.32 Å². The van der Waals surface area contributed by atoms with E-state index in [1.54, 1.807) is 7.11 Å². The van der Waals surface area contributed by atoms with Crippen LogP contribution in [0.4, 0.5) is 0 Å². The average molecular weight is 281 g/mol. The molecule has 20 heavy (non-hydrogen) atoms. The molecule has 1 amide bonds. The van der Waals surface area contributed by atoms with E-state index in [1.807, 2.05) is 31.2 Å². The molecule has 1 aromatic carbocycles. The lowest BCUT2D eigenvalue weighted by Gasteiger charge is -2.19. The van der Waals surface area contributed by atoms with E-state index in [9.17, 15) is 9.59 Å². The summed E-state index contributed by atoms with van der Waals surface area (Å²) in [5.41, 5.74) is 0.879. The molecule has 0 aromatic heterocycles. The minimum absolute atomic E-state index is 0.202. The Kier molecular flexibility index (Phi) is 6.52. The molecule has 6 nitrogen and oxygen atoms in total. The van der Waals surface area contributed by atoms with Gasteiger partial charge >= 0.3 is 5.97 Å². The van der Waals surface area contributed by atoms with E-state index in [0.717, 1.165) is 5.56 Å². The van der Waals surface area contributed by atoms with Gasteiger partial charge < -0.3 is 19.9 Å². The quantitative estimate of drug-likeness (QED) is 0.751. The van der Waals surface area contributed by atoms with Gasteiger partial charge in [0.25, 0.3) is 0 Å². The molecule has 1 unspecified atom stereocenters. The number of benzene rings is 1. The van der Waals surface area contributed by atoms with Crippen molar-refractivity contribution >= 4 is 11.9 Å². The summed E-state index contributed by atoms with van der Waals surface area (Å²) in [5, 5.41) is 11.2. The molecular weight excluding hydrogens is 262 g/mol. The van der Waals surface area contributed by atoms with E-state index in [-0.39, 0.29) is 18.6 Å². The number of amides is 1. The van der Waals surface area contributed by atoms with Crippen LogP contribution in [0.3, 0.4) is 0 Å². The summed E-state index contributed by atoms with van der Waals surface area (Å²) >= 11 is 0. The van der Waals surface area contributed by atoms with Crippen molar-refractivity contribution in [3.8, 4) is 5.75 Å². The Morgan fingerprint density at radius 2 is 2.00 bits per heavy atom. The van der Waals surface area contributed by atoms with E-state index in [2.05, 4.69) is 5.32 Å². The molecule has 0 spiro atoms. The summed E-state index contributed by atoms with van der Waals surface area (Å²) in [7, 11) is 1.57. The van der Waals surface area contributed by atoms with Crippen LogP contribution in [0.1, 0.15) is 24.9 Å². The molecule has 0 aliphatic carbocycles. The number of para-hydroxylation sites is 1. The van der Waals surface area contributed by atoms with E-state index < -0.39 is 12.6 Å². The van der Waals surface area contributed by atoms with Crippen LogP contribution in [0.2, 0.25) is 0 Å². The highest BCUT2D eigenvalue weighted by molar-refractivity contribution is 5.78. The van der Waals surface area contributed by atoms with Gasteiger partial charge in [-0.25, -0.2) is 4.79 Å². The van der Waals surface area contributed by atoms with Crippen LogP contribution in [0.25, 0.3) is 0 Å². The molecule has 0 heterocycles. The van der Waals surface area contributed by atoms with Crippen molar-refractivity contribution in [1.29, 1.82) is 0 Å². The second-order valence-corrected chi connectivity index (χ2v) is 4.16. The van der Waals surface area contributed by atoms with Gasteiger partial charge in [-0.1, -0.05) is 25.1 Å². The van der Waals surface area contributed by atoms with Gasteiger partial charge in [-0.05, 0) is 12.5 Å². The van der Waals surface area contributed by atoms with E-state index in [0.29, 0.717) is 12.2 Å². The van der Waals surface area contributed by atoms with E-state index in [1.165, 1.54) is 0 Å². The molecule has 0 aliphatic heterocycles. The van der Waals surface area contributed by atoms with Crippen molar-refractivity contribution in [2.45, 2.75) is 19.4 Å². The lowest BCUT2D eigenvalue weighted by molar-refractivity contribution is -0.143. The highest BCUT2D eigenvalue weighted by atomic mass is 16.5. The first-order chi connectivity index (χ1) is 9.58. The molecule has 1 rings (SSSR count). The predicted molar refractivity (Wildman–Crippen MR) is 72.6 cm³/mol. The summed E-state index contributed by atoms with van der Waals surface area (Å²) in [6.07, 6.45) is 0.686. The summed E-state index contributed by atoms with van der Waals surface area (Å²) in [6.45, 7) is 1.17. The fourth-order valence-electron chi connectivity index (χ4n) is 1.82. The van der Waals surface area contributed by atoms with Crippen LogP contribution in [0.5, 0.6) is 5.75 Å². The first-order valence-corrected chi connectivity index (χ1v) is 6.30. The third-order valence-corrected chi connectivity index (χ3v) is 2.72. The maximum Gasteiger partial charge on any atom is 0.329 e. The summed E-state index contributed by atoms with van der Waals surface area (Å²) in [6, 6.07) is 7.23. The van der Waals surface area contributed by atoms with Gasteiger partial charge in [0.15, 0.2) is 0 Å². The fraction of sp³-hybridized carbons (Fsp3) is 0.429. The minimum Gasteiger partial charge on any atom is -0.496 e. The van der Waals surface area contributed by atoms with Crippen LogP contribution in [-0.4, -0.2) is 37.3 Å². The van der Waals surface area contributed by atoms with Crippen LogP contribution < -0.4 is 10.1 Å². The van der Waals surface area contributed by atoms with Crippen molar-refractivity contribution in [3.63, 3.8) is 0 Å². The fourth-order valence-corrected chi connectivity index (χ4v) is 1.82. The molecule has 6 heteroatoms. The zero-order valence-electron chi connectivity index (χ0n) is 11.6.